The highest BCUT2D eigenvalue weighted by molar-refractivity contribution is 7.99. The van der Waals surface area contributed by atoms with Gasteiger partial charge in [-0.15, -0.1) is 10.2 Å². The van der Waals surface area contributed by atoms with Crippen molar-refractivity contribution in [3.05, 3.63) is 66.0 Å². The van der Waals surface area contributed by atoms with Crippen LogP contribution in [0.15, 0.2) is 64.9 Å². The zero-order valence-corrected chi connectivity index (χ0v) is 17.1. The number of amides is 1. The lowest BCUT2D eigenvalue weighted by atomic mass is 10.1. The van der Waals surface area contributed by atoms with Crippen LogP contribution in [0.25, 0.3) is 11.4 Å². The van der Waals surface area contributed by atoms with E-state index in [1.165, 1.54) is 22.8 Å². The average molecular weight is 422 g/mol. The van der Waals surface area contributed by atoms with Gasteiger partial charge in [0.2, 0.25) is 0 Å². The molecule has 3 aromatic rings. The minimum atomic E-state index is -0.320. The molecule has 0 atom stereocenters. The Labute approximate surface area is 177 Å². The fourth-order valence-corrected chi connectivity index (χ4v) is 4.41. The Morgan fingerprint density at radius 1 is 1.07 bits per heavy atom. The number of carbonyl (C=O) groups excluding carboxylic acids is 1. The molecule has 5 rings (SSSR count). The first-order valence-corrected chi connectivity index (χ1v) is 10.9. The zero-order chi connectivity index (χ0) is 20.5. The molecule has 1 fully saturated rings. The molecule has 0 spiro atoms. The summed E-state index contributed by atoms with van der Waals surface area (Å²) in [6, 6.07) is 16.8. The molecular formula is C22H20FN5OS. The molecule has 0 bridgehead atoms. The van der Waals surface area contributed by atoms with Crippen molar-refractivity contribution >= 4 is 23.4 Å². The van der Waals surface area contributed by atoms with Gasteiger partial charge in [0.25, 0.3) is 5.91 Å². The molecule has 0 radical (unpaired) electrons. The van der Waals surface area contributed by atoms with Crippen molar-refractivity contribution in [3.63, 3.8) is 0 Å². The predicted octanol–water partition coefficient (Wildman–Crippen LogP) is 4.15. The summed E-state index contributed by atoms with van der Waals surface area (Å²) in [6.45, 7) is 0.583. The predicted molar refractivity (Wildman–Crippen MR) is 114 cm³/mol. The molecule has 1 aliphatic heterocycles. The topological polar surface area (TPSA) is 63.4 Å². The van der Waals surface area contributed by atoms with Crippen LogP contribution in [0.3, 0.4) is 0 Å². The van der Waals surface area contributed by atoms with Crippen LogP contribution >= 0.6 is 11.8 Å². The summed E-state index contributed by atoms with van der Waals surface area (Å²) in [6.07, 6.45) is 2.77. The number of carbonyl (C=O) groups is 1. The molecule has 0 unspecified atom stereocenters. The van der Waals surface area contributed by atoms with Gasteiger partial charge < -0.3 is 0 Å². The molecule has 2 aliphatic rings. The lowest BCUT2D eigenvalue weighted by Gasteiger charge is -2.12. The van der Waals surface area contributed by atoms with E-state index in [0.29, 0.717) is 23.1 Å². The summed E-state index contributed by atoms with van der Waals surface area (Å²) in [7, 11) is 0. The van der Waals surface area contributed by atoms with E-state index in [1.54, 1.807) is 18.2 Å². The maximum Gasteiger partial charge on any atom is 0.253 e. The van der Waals surface area contributed by atoms with Crippen LogP contribution in [0.4, 0.5) is 4.39 Å². The third-order valence-corrected chi connectivity index (χ3v) is 6.14. The molecule has 2 heterocycles. The average Bonchev–Trinajstić information content (AvgIpc) is 3.33. The first kappa shape index (κ1) is 19.0. The van der Waals surface area contributed by atoms with E-state index < -0.39 is 0 Å². The molecule has 2 aromatic carbocycles. The maximum atomic E-state index is 14.3. The second-order valence-corrected chi connectivity index (χ2v) is 8.30. The molecule has 0 saturated heterocycles. The van der Waals surface area contributed by atoms with Crippen molar-refractivity contribution in [2.45, 2.75) is 30.5 Å². The molecule has 1 saturated carbocycles. The van der Waals surface area contributed by atoms with E-state index in [-0.39, 0.29) is 23.5 Å². The normalized spacial score (nSPS) is 16.0. The van der Waals surface area contributed by atoms with Crippen molar-refractivity contribution in [3.8, 4) is 11.4 Å². The molecular weight excluding hydrogens is 401 g/mol. The maximum absolute atomic E-state index is 14.3. The number of nitrogens with zero attached hydrogens (tertiary/aromatic N) is 5. The van der Waals surface area contributed by atoms with Gasteiger partial charge in [-0.05, 0) is 30.5 Å². The van der Waals surface area contributed by atoms with Crippen LogP contribution in [0.1, 0.15) is 30.9 Å². The minimum Gasteiger partial charge on any atom is -0.299 e. The molecule has 30 heavy (non-hydrogen) atoms. The summed E-state index contributed by atoms with van der Waals surface area (Å²) >= 11 is 1.34. The van der Waals surface area contributed by atoms with E-state index in [4.69, 9.17) is 0 Å². The van der Waals surface area contributed by atoms with Crippen LogP contribution in [0.2, 0.25) is 0 Å². The van der Waals surface area contributed by atoms with Crippen LogP contribution in [-0.4, -0.2) is 43.7 Å². The first-order valence-electron chi connectivity index (χ1n) is 9.96. The lowest BCUT2D eigenvalue weighted by molar-refractivity contribution is -0.127. The molecule has 6 nitrogen and oxygen atoms in total. The minimum absolute atomic E-state index is 0.0660. The van der Waals surface area contributed by atoms with E-state index in [9.17, 15) is 9.18 Å². The monoisotopic (exact) mass is 421 g/mol. The van der Waals surface area contributed by atoms with Gasteiger partial charge in [0, 0.05) is 12.5 Å². The van der Waals surface area contributed by atoms with Gasteiger partial charge >= 0.3 is 0 Å². The van der Waals surface area contributed by atoms with Gasteiger partial charge in [-0.1, -0.05) is 54.2 Å². The van der Waals surface area contributed by atoms with Crippen LogP contribution in [0.5, 0.6) is 0 Å². The summed E-state index contributed by atoms with van der Waals surface area (Å²) in [4.78, 5) is 12.7. The highest BCUT2D eigenvalue weighted by atomic mass is 32.2. The fraction of sp³-hybridized carbons (Fsp3) is 0.273. The molecule has 0 N–H and O–H groups in total. The van der Waals surface area contributed by atoms with Crippen LogP contribution in [-0.2, 0) is 4.79 Å². The van der Waals surface area contributed by atoms with Gasteiger partial charge in [0.1, 0.15) is 5.82 Å². The van der Waals surface area contributed by atoms with Crippen molar-refractivity contribution in [2.75, 3.05) is 12.3 Å². The fourth-order valence-electron chi connectivity index (χ4n) is 3.53. The van der Waals surface area contributed by atoms with Crippen LogP contribution in [0, 0.1) is 5.82 Å². The molecule has 8 heteroatoms. The number of hydrogen-bond acceptors (Lipinski definition) is 5. The number of thioether (sulfide) groups is 1. The van der Waals surface area contributed by atoms with Gasteiger partial charge in [-0.3, -0.25) is 9.36 Å². The molecule has 1 aromatic heterocycles. The second-order valence-electron chi connectivity index (χ2n) is 7.36. The zero-order valence-electron chi connectivity index (χ0n) is 16.2. The van der Waals surface area contributed by atoms with Gasteiger partial charge in [0.05, 0.1) is 23.6 Å². The summed E-state index contributed by atoms with van der Waals surface area (Å²) < 4.78 is 16.3. The largest absolute Gasteiger partial charge is 0.299 e. The standard InChI is InChI=1S/C22H20FN5OS/c23-18-9-5-4-8-17(18)21-24-25-22(28(21)16-10-11-16)30-14-20(29)27-13-12-19(26-27)15-6-2-1-3-7-15/h1-9,16H,10-14H2. The Kier molecular flexibility index (Phi) is 5.08. The van der Waals surface area contributed by atoms with Crippen molar-refractivity contribution in [1.82, 2.24) is 19.8 Å². The highest BCUT2D eigenvalue weighted by Gasteiger charge is 2.31. The smallest absolute Gasteiger partial charge is 0.253 e. The molecule has 1 amide bonds. The van der Waals surface area contributed by atoms with Crippen molar-refractivity contribution < 1.29 is 9.18 Å². The number of aromatic nitrogens is 3. The summed E-state index contributed by atoms with van der Waals surface area (Å²) in [5, 5.41) is 15.2. The molecule has 1 aliphatic carbocycles. The van der Waals surface area contributed by atoms with E-state index in [2.05, 4.69) is 15.3 Å². The number of rotatable bonds is 6. The van der Waals surface area contributed by atoms with E-state index in [0.717, 1.165) is 30.5 Å². The highest BCUT2D eigenvalue weighted by Crippen LogP contribution is 2.41. The third-order valence-electron chi connectivity index (χ3n) is 5.21. The van der Waals surface area contributed by atoms with Crippen molar-refractivity contribution in [1.29, 1.82) is 0 Å². The second kappa shape index (κ2) is 8.02. The summed E-state index contributed by atoms with van der Waals surface area (Å²) in [5.41, 5.74) is 2.41. The van der Waals surface area contributed by atoms with E-state index >= 15 is 0 Å². The Morgan fingerprint density at radius 3 is 2.60 bits per heavy atom. The Bertz CT molecular complexity index is 1110. The van der Waals surface area contributed by atoms with Gasteiger partial charge in [0.15, 0.2) is 11.0 Å². The van der Waals surface area contributed by atoms with Gasteiger partial charge in [-0.25, -0.2) is 9.40 Å². The number of hydrogen-bond donors (Lipinski definition) is 0. The number of hydrazone groups is 1. The number of benzene rings is 2. The van der Waals surface area contributed by atoms with Crippen LogP contribution < -0.4 is 0 Å². The van der Waals surface area contributed by atoms with Gasteiger partial charge in [-0.2, -0.15) is 5.10 Å². The third kappa shape index (κ3) is 3.75. The number of halogens is 1. The lowest BCUT2D eigenvalue weighted by Crippen LogP contribution is -2.25. The Morgan fingerprint density at radius 2 is 1.83 bits per heavy atom. The summed E-state index contributed by atoms with van der Waals surface area (Å²) in [5.74, 6) is 0.354. The Hall–Kier alpha value is -3.00. The SMILES string of the molecule is O=C(CSc1nnc(-c2ccccc2F)n1C1CC1)N1CCC(c2ccccc2)=N1. The first-order chi connectivity index (χ1) is 14.7. The molecule has 152 valence electrons. The quantitative estimate of drug-likeness (QED) is 0.561. The van der Waals surface area contributed by atoms with Crippen molar-refractivity contribution in [2.24, 2.45) is 5.10 Å². The Balaban J connectivity index is 1.31. The van der Waals surface area contributed by atoms with E-state index in [1.807, 2.05) is 34.9 Å².